The largest absolute Gasteiger partial charge is 0.425 e. The highest BCUT2D eigenvalue weighted by Crippen LogP contribution is 2.29. The number of carbonyl (C=O) groups excluding carboxylic acids is 1. The molecule has 0 unspecified atom stereocenters. The zero-order valence-corrected chi connectivity index (χ0v) is 13.9. The van der Waals surface area contributed by atoms with Crippen molar-refractivity contribution in [3.8, 4) is 0 Å². The monoisotopic (exact) mass is 347 g/mol. The van der Waals surface area contributed by atoms with Gasteiger partial charge in [0, 0.05) is 17.5 Å². The van der Waals surface area contributed by atoms with Gasteiger partial charge in [0.15, 0.2) is 5.09 Å². The van der Waals surface area contributed by atoms with Crippen LogP contribution in [0.1, 0.15) is 23.5 Å². The van der Waals surface area contributed by atoms with E-state index in [9.17, 15) is 9.18 Å². The number of piperidine rings is 3. The Hall–Kier alpha value is -1.86. The van der Waals surface area contributed by atoms with Crippen LogP contribution in [0.2, 0.25) is 0 Å². The Morgan fingerprint density at radius 3 is 2.71 bits per heavy atom. The van der Waals surface area contributed by atoms with Crippen molar-refractivity contribution in [3.63, 3.8) is 0 Å². The zero-order chi connectivity index (χ0) is 16.5. The van der Waals surface area contributed by atoms with E-state index in [4.69, 9.17) is 4.42 Å². The molecule has 4 heterocycles. The number of hydrogen-bond donors (Lipinski definition) is 1. The van der Waals surface area contributed by atoms with Gasteiger partial charge >= 0.3 is 5.91 Å². The predicted octanol–water partition coefficient (Wildman–Crippen LogP) is 2.79. The average molecular weight is 347 g/mol. The van der Waals surface area contributed by atoms with Crippen LogP contribution >= 0.6 is 11.8 Å². The first-order valence-corrected chi connectivity index (χ1v) is 8.91. The predicted molar refractivity (Wildman–Crippen MR) is 87.4 cm³/mol. The SMILES string of the molecule is O=C(N[C@H]1CN2CCC1CC2)c1ncc(Sc2ccc(F)cc2)o1. The molecule has 1 atom stereocenters. The van der Waals surface area contributed by atoms with Gasteiger partial charge in [-0.1, -0.05) is 11.8 Å². The summed E-state index contributed by atoms with van der Waals surface area (Å²) in [4.78, 5) is 19.6. The number of oxazole rings is 1. The number of nitrogens with zero attached hydrogens (tertiary/aromatic N) is 2. The van der Waals surface area contributed by atoms with Crippen molar-refractivity contribution < 1.29 is 13.6 Å². The molecule has 3 fully saturated rings. The van der Waals surface area contributed by atoms with E-state index >= 15 is 0 Å². The highest BCUT2D eigenvalue weighted by Gasteiger charge is 2.35. The third-order valence-corrected chi connectivity index (χ3v) is 5.58. The molecule has 2 bridgehead atoms. The molecule has 1 aromatic carbocycles. The van der Waals surface area contributed by atoms with Crippen molar-refractivity contribution in [2.24, 2.45) is 5.92 Å². The Balaban J connectivity index is 1.39. The van der Waals surface area contributed by atoms with Crippen LogP contribution in [0.5, 0.6) is 0 Å². The summed E-state index contributed by atoms with van der Waals surface area (Å²) in [5.41, 5.74) is 0. The van der Waals surface area contributed by atoms with Crippen LogP contribution in [-0.2, 0) is 0 Å². The number of carbonyl (C=O) groups is 1. The van der Waals surface area contributed by atoms with Crippen LogP contribution in [0.25, 0.3) is 0 Å². The van der Waals surface area contributed by atoms with Crippen LogP contribution in [0.3, 0.4) is 0 Å². The van der Waals surface area contributed by atoms with E-state index in [0.29, 0.717) is 11.0 Å². The second-order valence-electron chi connectivity index (χ2n) is 6.26. The molecular formula is C17H18FN3O2S. The van der Waals surface area contributed by atoms with Gasteiger partial charge in [-0.15, -0.1) is 0 Å². The second-order valence-corrected chi connectivity index (χ2v) is 7.34. The molecule has 5 nitrogen and oxygen atoms in total. The molecule has 7 heteroatoms. The lowest BCUT2D eigenvalue weighted by Gasteiger charge is -2.44. The molecule has 0 radical (unpaired) electrons. The van der Waals surface area contributed by atoms with Gasteiger partial charge in [-0.05, 0) is 56.1 Å². The van der Waals surface area contributed by atoms with Gasteiger partial charge in [-0.3, -0.25) is 4.79 Å². The molecule has 0 saturated carbocycles. The fourth-order valence-corrected chi connectivity index (χ4v) is 4.12. The van der Waals surface area contributed by atoms with E-state index in [1.807, 2.05) is 0 Å². The zero-order valence-electron chi connectivity index (χ0n) is 13.1. The molecule has 0 spiro atoms. The Kier molecular flexibility index (Phi) is 4.28. The van der Waals surface area contributed by atoms with Crippen LogP contribution in [0, 0.1) is 11.7 Å². The van der Waals surface area contributed by atoms with Gasteiger partial charge in [0.2, 0.25) is 0 Å². The quantitative estimate of drug-likeness (QED) is 0.922. The highest BCUT2D eigenvalue weighted by atomic mass is 32.2. The number of nitrogens with one attached hydrogen (secondary N) is 1. The Labute approximate surface area is 143 Å². The molecular weight excluding hydrogens is 329 g/mol. The van der Waals surface area contributed by atoms with Crippen LogP contribution in [-0.4, -0.2) is 41.5 Å². The van der Waals surface area contributed by atoms with Crippen molar-refractivity contribution in [1.82, 2.24) is 15.2 Å². The van der Waals surface area contributed by atoms with E-state index in [-0.39, 0.29) is 23.7 Å². The first kappa shape index (κ1) is 15.7. The summed E-state index contributed by atoms with van der Waals surface area (Å²) in [6.45, 7) is 3.18. The normalized spacial score (nSPS) is 25.6. The molecule has 3 aliphatic heterocycles. The van der Waals surface area contributed by atoms with Crippen molar-refractivity contribution >= 4 is 17.7 Å². The molecule has 1 amide bonds. The number of halogens is 1. The minimum atomic E-state index is -0.283. The summed E-state index contributed by atoms with van der Waals surface area (Å²) >= 11 is 1.31. The van der Waals surface area contributed by atoms with Gasteiger partial charge in [-0.25, -0.2) is 9.37 Å². The second kappa shape index (κ2) is 6.57. The first-order valence-electron chi connectivity index (χ1n) is 8.10. The fourth-order valence-electron chi connectivity index (χ4n) is 3.39. The van der Waals surface area contributed by atoms with E-state index < -0.39 is 0 Å². The molecule has 5 rings (SSSR count). The number of aromatic nitrogens is 1. The summed E-state index contributed by atoms with van der Waals surface area (Å²) < 4.78 is 18.5. The smallest absolute Gasteiger partial charge is 0.307 e. The van der Waals surface area contributed by atoms with Crippen LogP contribution < -0.4 is 5.32 Å². The van der Waals surface area contributed by atoms with Crippen molar-refractivity contribution in [3.05, 3.63) is 42.2 Å². The lowest BCUT2D eigenvalue weighted by atomic mass is 9.84. The number of rotatable bonds is 4. The molecule has 1 N–H and O–H groups in total. The molecule has 2 aromatic rings. The third kappa shape index (κ3) is 3.32. The first-order chi connectivity index (χ1) is 11.7. The number of amides is 1. The third-order valence-electron chi connectivity index (χ3n) is 4.68. The Bertz CT molecular complexity index is 726. The number of hydrogen-bond acceptors (Lipinski definition) is 5. The standard InChI is InChI=1S/C17H18FN3O2S/c18-12-1-3-13(4-2-12)24-15-9-19-17(23-15)16(22)20-14-10-21-7-5-11(14)6-8-21/h1-4,9,11,14H,5-8,10H2,(H,20,22)/t14-/m0/s1. The highest BCUT2D eigenvalue weighted by molar-refractivity contribution is 7.99. The molecule has 126 valence electrons. The van der Waals surface area contributed by atoms with E-state index in [1.165, 1.54) is 30.1 Å². The minimum absolute atomic E-state index is 0.0797. The minimum Gasteiger partial charge on any atom is -0.425 e. The summed E-state index contributed by atoms with van der Waals surface area (Å²) in [6.07, 6.45) is 3.81. The summed E-state index contributed by atoms with van der Waals surface area (Å²) in [7, 11) is 0. The fraction of sp³-hybridized carbons (Fsp3) is 0.412. The van der Waals surface area contributed by atoms with Gasteiger partial charge in [-0.2, -0.15) is 0 Å². The average Bonchev–Trinajstić information content (AvgIpc) is 3.07. The molecule has 3 saturated heterocycles. The van der Waals surface area contributed by atoms with E-state index in [2.05, 4.69) is 15.2 Å². The van der Waals surface area contributed by atoms with Gasteiger partial charge in [0.1, 0.15) is 5.82 Å². The number of benzene rings is 1. The Morgan fingerprint density at radius 1 is 1.29 bits per heavy atom. The van der Waals surface area contributed by atoms with Gasteiger partial charge in [0.05, 0.1) is 6.20 Å². The number of fused-ring (bicyclic) bond motifs is 3. The maximum Gasteiger partial charge on any atom is 0.307 e. The summed E-state index contributed by atoms with van der Waals surface area (Å²) in [6, 6.07) is 6.28. The van der Waals surface area contributed by atoms with E-state index in [1.54, 1.807) is 12.1 Å². The maximum atomic E-state index is 12.9. The Morgan fingerprint density at radius 2 is 2.04 bits per heavy atom. The lowest BCUT2D eigenvalue weighted by molar-refractivity contribution is 0.0599. The lowest BCUT2D eigenvalue weighted by Crippen LogP contribution is -2.57. The molecule has 1 aromatic heterocycles. The van der Waals surface area contributed by atoms with E-state index in [0.717, 1.165) is 37.4 Å². The maximum absolute atomic E-state index is 12.9. The van der Waals surface area contributed by atoms with Crippen molar-refractivity contribution in [2.75, 3.05) is 19.6 Å². The van der Waals surface area contributed by atoms with Gasteiger partial charge < -0.3 is 14.6 Å². The molecule has 0 aliphatic carbocycles. The van der Waals surface area contributed by atoms with Crippen molar-refractivity contribution in [1.29, 1.82) is 0 Å². The van der Waals surface area contributed by atoms with Gasteiger partial charge in [0.25, 0.3) is 5.89 Å². The van der Waals surface area contributed by atoms with Crippen LogP contribution in [0.15, 0.2) is 44.9 Å². The topological polar surface area (TPSA) is 58.4 Å². The molecule has 3 aliphatic rings. The summed E-state index contributed by atoms with van der Waals surface area (Å²) in [5.74, 6) is 0.0900. The summed E-state index contributed by atoms with van der Waals surface area (Å²) in [5, 5.41) is 3.57. The molecule has 24 heavy (non-hydrogen) atoms. The van der Waals surface area contributed by atoms with Crippen molar-refractivity contribution in [2.45, 2.75) is 28.9 Å². The van der Waals surface area contributed by atoms with Crippen LogP contribution in [0.4, 0.5) is 4.39 Å².